The molecule has 0 aliphatic carbocycles. The van der Waals surface area contributed by atoms with Crippen LogP contribution >= 0.6 is 0 Å². The molecule has 3 rings (SSSR count). The van der Waals surface area contributed by atoms with Crippen molar-refractivity contribution in [1.29, 1.82) is 0 Å². The zero-order valence-corrected chi connectivity index (χ0v) is 16.3. The molecule has 0 saturated carbocycles. The Morgan fingerprint density at radius 1 is 0.857 bits per heavy atom. The molecule has 0 fully saturated rings. The molecule has 0 aliphatic heterocycles. The molecular formula is C25H25FO2. The van der Waals surface area contributed by atoms with Gasteiger partial charge in [0.25, 0.3) is 0 Å². The second-order valence-electron chi connectivity index (χ2n) is 7.43. The standard InChI is InChI=1S/C25H25FO2/c1-25(2,15-14-20-8-6-10-22(26)16-20)19-27-18-21-9-7-13-24(17-21)28-23-11-4-3-5-12-23/h3-17H,18-19H2,1-2H3/b15-14+. The average Bonchev–Trinajstić information content (AvgIpc) is 2.68. The molecule has 0 bridgehead atoms. The third-order valence-electron chi connectivity index (χ3n) is 4.20. The van der Waals surface area contributed by atoms with Crippen molar-refractivity contribution < 1.29 is 13.9 Å². The Bertz CT molecular complexity index is 917. The maximum absolute atomic E-state index is 13.3. The Kier molecular flexibility index (Phi) is 6.62. The molecule has 2 nitrogen and oxygen atoms in total. The first kappa shape index (κ1) is 19.8. The maximum atomic E-state index is 13.3. The van der Waals surface area contributed by atoms with Gasteiger partial charge in [-0.05, 0) is 47.5 Å². The van der Waals surface area contributed by atoms with Crippen LogP contribution in [-0.2, 0) is 11.3 Å². The van der Waals surface area contributed by atoms with Gasteiger partial charge in [-0.15, -0.1) is 0 Å². The number of rotatable bonds is 8. The molecule has 0 aromatic heterocycles. The maximum Gasteiger partial charge on any atom is 0.127 e. The molecule has 0 aliphatic rings. The van der Waals surface area contributed by atoms with Gasteiger partial charge in [0, 0.05) is 5.41 Å². The smallest absolute Gasteiger partial charge is 0.127 e. The van der Waals surface area contributed by atoms with Crippen molar-refractivity contribution in [2.45, 2.75) is 20.5 Å². The van der Waals surface area contributed by atoms with Crippen molar-refractivity contribution in [1.82, 2.24) is 0 Å². The Balaban J connectivity index is 1.53. The topological polar surface area (TPSA) is 18.5 Å². The SMILES string of the molecule is CC(C)(/C=C/c1cccc(F)c1)COCc1cccc(Oc2ccccc2)c1. The second-order valence-corrected chi connectivity index (χ2v) is 7.43. The lowest BCUT2D eigenvalue weighted by atomic mass is 9.93. The van der Waals surface area contributed by atoms with E-state index in [1.54, 1.807) is 6.07 Å². The normalized spacial score (nSPS) is 11.7. The summed E-state index contributed by atoms with van der Waals surface area (Å²) in [7, 11) is 0. The van der Waals surface area contributed by atoms with Gasteiger partial charge in [0.1, 0.15) is 17.3 Å². The molecule has 0 spiro atoms. The zero-order valence-electron chi connectivity index (χ0n) is 16.3. The summed E-state index contributed by atoms with van der Waals surface area (Å²) in [5, 5.41) is 0. The van der Waals surface area contributed by atoms with E-state index < -0.39 is 0 Å². The van der Waals surface area contributed by atoms with Gasteiger partial charge >= 0.3 is 0 Å². The molecule has 28 heavy (non-hydrogen) atoms. The van der Waals surface area contributed by atoms with E-state index in [9.17, 15) is 4.39 Å². The number of ether oxygens (including phenoxy) is 2. The molecule has 0 atom stereocenters. The predicted molar refractivity (Wildman–Crippen MR) is 112 cm³/mol. The largest absolute Gasteiger partial charge is 0.457 e. The van der Waals surface area contributed by atoms with E-state index in [0.29, 0.717) is 13.2 Å². The molecule has 3 aromatic carbocycles. The minimum Gasteiger partial charge on any atom is -0.457 e. The van der Waals surface area contributed by atoms with Crippen LogP contribution in [0.1, 0.15) is 25.0 Å². The lowest BCUT2D eigenvalue weighted by Gasteiger charge is -2.20. The average molecular weight is 376 g/mol. The van der Waals surface area contributed by atoms with Crippen LogP contribution in [0.4, 0.5) is 4.39 Å². The first-order chi connectivity index (χ1) is 13.5. The number of hydrogen-bond donors (Lipinski definition) is 0. The van der Waals surface area contributed by atoms with Gasteiger partial charge in [-0.2, -0.15) is 0 Å². The zero-order chi connectivity index (χ0) is 19.8. The number of para-hydroxylation sites is 1. The van der Waals surface area contributed by atoms with Crippen LogP contribution in [0.3, 0.4) is 0 Å². The molecule has 0 unspecified atom stereocenters. The monoisotopic (exact) mass is 376 g/mol. The summed E-state index contributed by atoms with van der Waals surface area (Å²) >= 11 is 0. The van der Waals surface area contributed by atoms with Gasteiger partial charge in [-0.25, -0.2) is 4.39 Å². The van der Waals surface area contributed by atoms with Crippen molar-refractivity contribution in [3.8, 4) is 11.5 Å². The third-order valence-corrected chi connectivity index (χ3v) is 4.20. The van der Waals surface area contributed by atoms with Crippen molar-refractivity contribution in [3.63, 3.8) is 0 Å². The van der Waals surface area contributed by atoms with Crippen LogP contribution in [0.5, 0.6) is 11.5 Å². The van der Waals surface area contributed by atoms with Gasteiger partial charge < -0.3 is 9.47 Å². The summed E-state index contributed by atoms with van der Waals surface area (Å²) in [5.74, 6) is 1.37. The highest BCUT2D eigenvalue weighted by Crippen LogP contribution is 2.24. The minimum absolute atomic E-state index is 0.162. The van der Waals surface area contributed by atoms with E-state index in [1.807, 2.05) is 66.7 Å². The molecule has 0 amide bonds. The lowest BCUT2D eigenvalue weighted by molar-refractivity contribution is 0.0719. The van der Waals surface area contributed by atoms with Crippen LogP contribution in [0.2, 0.25) is 0 Å². The minimum atomic E-state index is -0.228. The Hall–Kier alpha value is -2.91. The summed E-state index contributed by atoms with van der Waals surface area (Å²) < 4.78 is 25.1. The fraction of sp³-hybridized carbons (Fsp3) is 0.200. The fourth-order valence-electron chi connectivity index (χ4n) is 2.74. The van der Waals surface area contributed by atoms with Gasteiger partial charge in [-0.3, -0.25) is 0 Å². The number of hydrogen-bond acceptors (Lipinski definition) is 2. The van der Waals surface area contributed by atoms with Crippen LogP contribution in [0.15, 0.2) is 84.9 Å². The van der Waals surface area contributed by atoms with Gasteiger partial charge in [0.2, 0.25) is 0 Å². The van der Waals surface area contributed by atoms with Gasteiger partial charge in [0.15, 0.2) is 0 Å². The van der Waals surface area contributed by atoms with E-state index in [4.69, 9.17) is 9.47 Å². The van der Waals surface area contributed by atoms with Crippen LogP contribution in [0.25, 0.3) is 6.08 Å². The highest BCUT2D eigenvalue weighted by Gasteiger charge is 2.14. The first-order valence-corrected chi connectivity index (χ1v) is 9.35. The summed E-state index contributed by atoms with van der Waals surface area (Å²) in [6.45, 7) is 5.25. The lowest BCUT2D eigenvalue weighted by Crippen LogP contribution is -2.16. The summed E-state index contributed by atoms with van der Waals surface area (Å²) in [6.07, 6.45) is 3.98. The van der Waals surface area contributed by atoms with E-state index >= 15 is 0 Å². The number of benzene rings is 3. The summed E-state index contributed by atoms with van der Waals surface area (Å²) in [6, 6.07) is 24.2. The highest BCUT2D eigenvalue weighted by molar-refractivity contribution is 5.49. The molecule has 3 aromatic rings. The van der Waals surface area contributed by atoms with Gasteiger partial charge in [-0.1, -0.05) is 68.5 Å². The van der Waals surface area contributed by atoms with Gasteiger partial charge in [0.05, 0.1) is 13.2 Å². The quantitative estimate of drug-likeness (QED) is 0.427. The predicted octanol–water partition coefficient (Wildman–Crippen LogP) is 6.87. The Labute approximate surface area is 166 Å². The second kappa shape index (κ2) is 9.34. The van der Waals surface area contributed by atoms with E-state index in [1.165, 1.54) is 12.1 Å². The molecular weight excluding hydrogens is 351 g/mol. The van der Waals surface area contributed by atoms with Crippen molar-refractivity contribution in [2.24, 2.45) is 5.41 Å². The van der Waals surface area contributed by atoms with Crippen LogP contribution in [0, 0.1) is 11.2 Å². The Morgan fingerprint density at radius 3 is 2.39 bits per heavy atom. The van der Waals surface area contributed by atoms with Crippen LogP contribution in [-0.4, -0.2) is 6.61 Å². The third kappa shape index (κ3) is 6.36. The van der Waals surface area contributed by atoms with Crippen LogP contribution < -0.4 is 4.74 Å². The Morgan fingerprint density at radius 2 is 1.61 bits per heavy atom. The van der Waals surface area contributed by atoms with Crippen molar-refractivity contribution in [2.75, 3.05) is 6.61 Å². The van der Waals surface area contributed by atoms with E-state index in [0.717, 1.165) is 22.6 Å². The van der Waals surface area contributed by atoms with E-state index in [2.05, 4.69) is 19.9 Å². The fourth-order valence-corrected chi connectivity index (χ4v) is 2.74. The molecule has 0 heterocycles. The van der Waals surface area contributed by atoms with Crippen molar-refractivity contribution >= 4 is 6.08 Å². The molecule has 144 valence electrons. The molecule has 0 radical (unpaired) electrons. The molecule has 3 heteroatoms. The summed E-state index contributed by atoms with van der Waals surface area (Å²) in [5.41, 5.74) is 1.74. The highest BCUT2D eigenvalue weighted by atomic mass is 19.1. The van der Waals surface area contributed by atoms with E-state index in [-0.39, 0.29) is 11.2 Å². The van der Waals surface area contributed by atoms with Crippen molar-refractivity contribution in [3.05, 3.63) is 102 Å². The molecule has 0 N–H and O–H groups in total. The molecule has 0 saturated heterocycles. The summed E-state index contributed by atoms with van der Waals surface area (Å²) in [4.78, 5) is 0. The number of halogens is 1. The first-order valence-electron chi connectivity index (χ1n) is 9.35.